The van der Waals surface area contributed by atoms with E-state index in [9.17, 15) is 9.59 Å². The van der Waals surface area contributed by atoms with Crippen molar-refractivity contribution in [2.75, 3.05) is 24.5 Å². The largest absolute Gasteiger partial charge is 0.372 e. The third-order valence-electron chi connectivity index (χ3n) is 5.26. The summed E-state index contributed by atoms with van der Waals surface area (Å²) in [4.78, 5) is 29.3. The van der Waals surface area contributed by atoms with E-state index >= 15 is 0 Å². The van der Waals surface area contributed by atoms with E-state index in [1.807, 2.05) is 61.2 Å². The fourth-order valence-corrected chi connectivity index (χ4v) is 4.17. The average molecular weight is 352 g/mol. The highest BCUT2D eigenvalue weighted by molar-refractivity contribution is 6.07. The van der Waals surface area contributed by atoms with E-state index < -0.39 is 0 Å². The summed E-state index contributed by atoms with van der Waals surface area (Å²) < 4.78 is 5.72. The summed E-state index contributed by atoms with van der Waals surface area (Å²) in [5, 5.41) is 2.15. The first kappa shape index (κ1) is 17.0. The fraction of sp³-hybridized carbons (Fsp3) is 0.429. The Bertz CT molecular complexity index is 835. The normalized spacial score (nSPS) is 26.5. The van der Waals surface area contributed by atoms with Crippen LogP contribution in [0.15, 0.2) is 42.5 Å². The maximum atomic E-state index is 13.0. The smallest absolute Gasteiger partial charge is 0.228 e. The Balaban J connectivity index is 1.56. The van der Waals surface area contributed by atoms with Crippen LogP contribution in [0.1, 0.15) is 20.3 Å². The first-order valence-corrected chi connectivity index (χ1v) is 9.25. The Morgan fingerprint density at radius 3 is 2.46 bits per heavy atom. The summed E-state index contributed by atoms with van der Waals surface area (Å²) in [6, 6.07) is 14.0. The number of nitrogens with zero attached hydrogens (tertiary/aromatic N) is 2. The molecule has 0 aliphatic carbocycles. The second-order valence-corrected chi connectivity index (χ2v) is 7.40. The highest BCUT2D eigenvalue weighted by Crippen LogP contribution is 2.32. The number of ether oxygens (including phenoxy) is 1. The molecule has 5 nitrogen and oxygen atoms in total. The van der Waals surface area contributed by atoms with Crippen LogP contribution in [-0.2, 0) is 14.3 Å². The molecule has 2 amide bonds. The lowest BCUT2D eigenvalue weighted by Gasteiger charge is -2.36. The van der Waals surface area contributed by atoms with E-state index in [2.05, 4.69) is 0 Å². The number of anilines is 1. The Hall–Kier alpha value is -2.40. The Labute approximate surface area is 153 Å². The molecule has 0 aromatic heterocycles. The van der Waals surface area contributed by atoms with E-state index in [0.29, 0.717) is 19.6 Å². The number of morpholine rings is 1. The molecule has 0 saturated carbocycles. The van der Waals surface area contributed by atoms with Gasteiger partial charge < -0.3 is 14.5 Å². The number of carbonyl (C=O) groups is 2. The standard InChI is InChI=1S/C21H24N2O3/c1-14-11-22(12-15(2)26-14)21(25)17-10-20(24)23(13-17)19-9-5-7-16-6-3-4-8-18(16)19/h3-9,14-15,17H,10-13H2,1-2H3. The fourth-order valence-electron chi connectivity index (χ4n) is 4.17. The van der Waals surface area contributed by atoms with Crippen LogP contribution < -0.4 is 4.90 Å². The SMILES string of the molecule is CC1CN(C(=O)C2CC(=O)N(c3cccc4ccccc34)C2)CC(C)O1. The van der Waals surface area contributed by atoms with E-state index in [-0.39, 0.29) is 36.4 Å². The van der Waals surface area contributed by atoms with Crippen LogP contribution in [0.25, 0.3) is 10.8 Å². The minimum atomic E-state index is -0.279. The van der Waals surface area contributed by atoms with Crippen molar-refractivity contribution in [3.8, 4) is 0 Å². The van der Waals surface area contributed by atoms with E-state index in [0.717, 1.165) is 16.5 Å². The Morgan fingerprint density at radius 1 is 1.00 bits per heavy atom. The van der Waals surface area contributed by atoms with Gasteiger partial charge in [-0.2, -0.15) is 0 Å². The predicted molar refractivity (Wildman–Crippen MR) is 101 cm³/mol. The monoisotopic (exact) mass is 352 g/mol. The lowest BCUT2D eigenvalue weighted by Crippen LogP contribution is -2.50. The number of hydrogen-bond acceptors (Lipinski definition) is 3. The van der Waals surface area contributed by atoms with Gasteiger partial charge in [0.05, 0.1) is 23.8 Å². The molecular weight excluding hydrogens is 328 g/mol. The summed E-state index contributed by atoms with van der Waals surface area (Å²) in [5.41, 5.74) is 0.895. The lowest BCUT2D eigenvalue weighted by atomic mass is 10.1. The first-order chi connectivity index (χ1) is 12.5. The zero-order valence-corrected chi connectivity index (χ0v) is 15.2. The molecule has 2 aromatic carbocycles. The minimum absolute atomic E-state index is 0.0223. The van der Waals surface area contributed by atoms with Crippen molar-refractivity contribution < 1.29 is 14.3 Å². The third-order valence-corrected chi connectivity index (χ3v) is 5.26. The van der Waals surface area contributed by atoms with Gasteiger partial charge in [-0.25, -0.2) is 0 Å². The molecular formula is C21H24N2O3. The Morgan fingerprint density at radius 2 is 1.69 bits per heavy atom. The second kappa shape index (κ2) is 6.72. The molecule has 2 aromatic rings. The summed E-state index contributed by atoms with van der Waals surface area (Å²) >= 11 is 0. The van der Waals surface area contributed by atoms with Crippen molar-refractivity contribution in [2.45, 2.75) is 32.5 Å². The molecule has 3 atom stereocenters. The van der Waals surface area contributed by atoms with Crippen molar-refractivity contribution in [1.29, 1.82) is 0 Å². The van der Waals surface area contributed by atoms with Gasteiger partial charge in [0.15, 0.2) is 0 Å². The average Bonchev–Trinajstić information content (AvgIpc) is 3.01. The summed E-state index contributed by atoms with van der Waals surface area (Å²) in [6.45, 7) is 5.62. The number of benzene rings is 2. The molecule has 2 fully saturated rings. The maximum absolute atomic E-state index is 13.0. The number of rotatable bonds is 2. The van der Waals surface area contributed by atoms with Crippen molar-refractivity contribution in [2.24, 2.45) is 5.92 Å². The van der Waals surface area contributed by atoms with Crippen molar-refractivity contribution in [3.63, 3.8) is 0 Å². The number of fused-ring (bicyclic) bond motifs is 1. The van der Waals surface area contributed by atoms with Gasteiger partial charge in [-0.05, 0) is 25.3 Å². The van der Waals surface area contributed by atoms with E-state index in [1.54, 1.807) is 4.90 Å². The second-order valence-electron chi connectivity index (χ2n) is 7.40. The van der Waals surface area contributed by atoms with Crippen LogP contribution in [0.5, 0.6) is 0 Å². The zero-order chi connectivity index (χ0) is 18.3. The van der Waals surface area contributed by atoms with Crippen LogP contribution >= 0.6 is 0 Å². The third kappa shape index (κ3) is 3.07. The van der Waals surface area contributed by atoms with E-state index in [1.165, 1.54) is 0 Å². The Kier molecular flexibility index (Phi) is 4.41. The highest BCUT2D eigenvalue weighted by Gasteiger charge is 2.39. The molecule has 2 aliphatic heterocycles. The van der Waals surface area contributed by atoms with Gasteiger partial charge in [-0.15, -0.1) is 0 Å². The number of hydrogen-bond donors (Lipinski definition) is 0. The quantitative estimate of drug-likeness (QED) is 0.835. The van der Waals surface area contributed by atoms with Gasteiger partial charge in [0.25, 0.3) is 0 Å². The van der Waals surface area contributed by atoms with Gasteiger partial charge in [-0.3, -0.25) is 9.59 Å². The van der Waals surface area contributed by atoms with Crippen molar-refractivity contribution >= 4 is 28.3 Å². The molecule has 0 spiro atoms. The lowest BCUT2D eigenvalue weighted by molar-refractivity contribution is -0.147. The predicted octanol–water partition coefficient (Wildman–Crippen LogP) is 2.83. The van der Waals surface area contributed by atoms with Crippen LogP contribution in [0, 0.1) is 5.92 Å². The molecule has 2 saturated heterocycles. The van der Waals surface area contributed by atoms with E-state index in [4.69, 9.17) is 4.74 Å². The molecule has 2 heterocycles. The number of carbonyl (C=O) groups excluding carboxylic acids is 2. The molecule has 3 unspecified atom stereocenters. The highest BCUT2D eigenvalue weighted by atomic mass is 16.5. The first-order valence-electron chi connectivity index (χ1n) is 9.25. The minimum Gasteiger partial charge on any atom is -0.372 e. The molecule has 0 radical (unpaired) electrons. The molecule has 26 heavy (non-hydrogen) atoms. The molecule has 0 N–H and O–H groups in total. The summed E-state index contributed by atoms with van der Waals surface area (Å²) in [5.74, 6) is -0.184. The van der Waals surface area contributed by atoms with Gasteiger partial charge in [0.1, 0.15) is 0 Å². The molecule has 136 valence electrons. The van der Waals surface area contributed by atoms with Gasteiger partial charge in [0.2, 0.25) is 11.8 Å². The van der Waals surface area contributed by atoms with Crippen molar-refractivity contribution in [1.82, 2.24) is 4.90 Å². The van der Waals surface area contributed by atoms with Crippen LogP contribution in [0.3, 0.4) is 0 Å². The molecule has 2 aliphatic rings. The summed E-state index contributed by atoms with van der Waals surface area (Å²) in [7, 11) is 0. The maximum Gasteiger partial charge on any atom is 0.228 e. The van der Waals surface area contributed by atoms with Crippen LogP contribution in [0.2, 0.25) is 0 Å². The van der Waals surface area contributed by atoms with Gasteiger partial charge in [-0.1, -0.05) is 36.4 Å². The molecule has 5 heteroatoms. The number of amides is 2. The van der Waals surface area contributed by atoms with Crippen molar-refractivity contribution in [3.05, 3.63) is 42.5 Å². The van der Waals surface area contributed by atoms with Gasteiger partial charge in [0, 0.05) is 31.4 Å². The molecule has 0 bridgehead atoms. The van der Waals surface area contributed by atoms with Gasteiger partial charge >= 0.3 is 0 Å². The zero-order valence-electron chi connectivity index (χ0n) is 15.2. The van der Waals surface area contributed by atoms with Crippen LogP contribution in [-0.4, -0.2) is 48.6 Å². The topological polar surface area (TPSA) is 49.9 Å². The van der Waals surface area contributed by atoms with Crippen LogP contribution in [0.4, 0.5) is 5.69 Å². The summed E-state index contributed by atoms with van der Waals surface area (Å²) in [6.07, 6.45) is 0.352. The molecule has 4 rings (SSSR count).